The summed E-state index contributed by atoms with van der Waals surface area (Å²) in [6, 6.07) is 0. The minimum Gasteiger partial charge on any atom is -0.391 e. The van der Waals surface area contributed by atoms with Gasteiger partial charge in [0.25, 0.3) is 0 Å². The van der Waals surface area contributed by atoms with Crippen LogP contribution in [0.25, 0.3) is 0 Å². The Labute approximate surface area is 71.4 Å². The number of rotatable bonds is 1. The van der Waals surface area contributed by atoms with E-state index in [4.69, 9.17) is 9.94 Å². The van der Waals surface area contributed by atoms with E-state index in [1.54, 1.807) is 0 Å². The average Bonchev–Trinajstić information content (AvgIpc) is 2.76. The summed E-state index contributed by atoms with van der Waals surface area (Å²) in [5.74, 6) is 1.95. The molecule has 0 spiro atoms. The van der Waals surface area contributed by atoms with Gasteiger partial charge in [-0.3, -0.25) is 0 Å². The Kier molecular flexibility index (Phi) is 1.28. The van der Waals surface area contributed by atoms with Gasteiger partial charge in [-0.05, 0) is 31.1 Å². The second-order valence-electron chi connectivity index (χ2n) is 4.17. The Hall–Kier alpha value is -0.570. The van der Waals surface area contributed by atoms with Crippen LogP contribution in [0.2, 0.25) is 0 Å². The van der Waals surface area contributed by atoms with E-state index in [0.29, 0.717) is 12.0 Å². The standard InChI is InChI=1S/C9H13NO2/c11-4-7-8-5-1-2-6(3-5)9(8)12-10-7/h5-6,8-9,11H,1-4H2. The molecule has 1 heterocycles. The first kappa shape index (κ1) is 6.89. The van der Waals surface area contributed by atoms with E-state index in [0.717, 1.165) is 17.5 Å². The Balaban J connectivity index is 1.90. The van der Waals surface area contributed by atoms with E-state index in [9.17, 15) is 0 Å². The van der Waals surface area contributed by atoms with Gasteiger partial charge >= 0.3 is 0 Å². The SMILES string of the molecule is OCC1=NOC2C3CCC(C3)C12. The van der Waals surface area contributed by atoms with Gasteiger partial charge in [0.2, 0.25) is 0 Å². The summed E-state index contributed by atoms with van der Waals surface area (Å²) < 4.78 is 0. The van der Waals surface area contributed by atoms with Crippen molar-refractivity contribution in [3.8, 4) is 0 Å². The molecule has 0 aromatic heterocycles. The molecule has 3 heteroatoms. The smallest absolute Gasteiger partial charge is 0.138 e. The summed E-state index contributed by atoms with van der Waals surface area (Å²) in [5, 5.41) is 13.0. The molecule has 0 saturated heterocycles. The number of hydrogen-bond donors (Lipinski definition) is 1. The van der Waals surface area contributed by atoms with Crippen LogP contribution in [0.4, 0.5) is 0 Å². The molecule has 12 heavy (non-hydrogen) atoms. The number of nitrogens with zero attached hydrogens (tertiary/aromatic N) is 1. The number of fused-ring (bicyclic) bond motifs is 5. The van der Waals surface area contributed by atoms with Gasteiger partial charge in [0.1, 0.15) is 6.10 Å². The molecule has 2 saturated carbocycles. The Morgan fingerprint density at radius 1 is 1.42 bits per heavy atom. The zero-order valence-corrected chi connectivity index (χ0v) is 6.94. The topological polar surface area (TPSA) is 41.8 Å². The van der Waals surface area contributed by atoms with Gasteiger partial charge in [0, 0.05) is 5.92 Å². The third kappa shape index (κ3) is 0.678. The highest BCUT2D eigenvalue weighted by atomic mass is 16.6. The summed E-state index contributed by atoms with van der Waals surface area (Å²) in [7, 11) is 0. The molecule has 0 radical (unpaired) electrons. The summed E-state index contributed by atoms with van der Waals surface area (Å²) in [6.45, 7) is 0.0877. The predicted molar refractivity (Wildman–Crippen MR) is 43.7 cm³/mol. The summed E-state index contributed by atoms with van der Waals surface area (Å²) >= 11 is 0. The molecule has 0 amide bonds. The third-order valence-electron chi connectivity index (χ3n) is 3.68. The number of aliphatic hydroxyl groups is 1. The van der Waals surface area contributed by atoms with Gasteiger partial charge in [0.15, 0.2) is 0 Å². The van der Waals surface area contributed by atoms with E-state index in [-0.39, 0.29) is 6.61 Å². The highest BCUT2D eigenvalue weighted by molar-refractivity contribution is 5.89. The predicted octanol–water partition coefficient (Wildman–Crippen LogP) is 0.780. The van der Waals surface area contributed by atoms with Crippen molar-refractivity contribution in [2.24, 2.45) is 22.9 Å². The zero-order chi connectivity index (χ0) is 8.13. The molecule has 4 atom stereocenters. The molecule has 3 rings (SSSR count). The van der Waals surface area contributed by atoms with E-state index >= 15 is 0 Å². The monoisotopic (exact) mass is 167 g/mol. The van der Waals surface area contributed by atoms with Gasteiger partial charge in [-0.2, -0.15) is 0 Å². The van der Waals surface area contributed by atoms with Crippen LogP contribution in [-0.4, -0.2) is 23.5 Å². The second kappa shape index (κ2) is 2.22. The molecule has 66 valence electrons. The molecule has 2 fully saturated rings. The molecular weight excluding hydrogens is 154 g/mol. The van der Waals surface area contributed by atoms with Crippen molar-refractivity contribution in [1.29, 1.82) is 0 Å². The minimum atomic E-state index is 0.0877. The Morgan fingerprint density at radius 2 is 2.25 bits per heavy atom. The fraction of sp³-hybridized carbons (Fsp3) is 0.889. The van der Waals surface area contributed by atoms with Gasteiger partial charge in [-0.1, -0.05) is 5.16 Å². The van der Waals surface area contributed by atoms with Crippen molar-refractivity contribution in [3.63, 3.8) is 0 Å². The number of oxime groups is 1. The molecular formula is C9H13NO2. The first-order valence-corrected chi connectivity index (χ1v) is 4.73. The van der Waals surface area contributed by atoms with Crippen LogP contribution in [0.1, 0.15) is 19.3 Å². The maximum atomic E-state index is 9.03. The molecule has 1 N–H and O–H groups in total. The Bertz CT molecular complexity index is 239. The highest BCUT2D eigenvalue weighted by Gasteiger charge is 2.53. The molecule has 4 unspecified atom stereocenters. The van der Waals surface area contributed by atoms with E-state index in [1.165, 1.54) is 19.3 Å². The third-order valence-corrected chi connectivity index (χ3v) is 3.68. The lowest BCUT2D eigenvalue weighted by atomic mass is 9.84. The molecule has 0 aromatic carbocycles. The first-order valence-electron chi connectivity index (χ1n) is 4.73. The Morgan fingerprint density at radius 3 is 3.08 bits per heavy atom. The molecule has 3 aliphatic rings. The lowest BCUT2D eigenvalue weighted by Crippen LogP contribution is -2.30. The van der Waals surface area contributed by atoms with Gasteiger partial charge in [0.05, 0.1) is 12.3 Å². The number of aliphatic hydroxyl groups excluding tert-OH is 1. The second-order valence-corrected chi connectivity index (χ2v) is 4.17. The number of hydrogen-bond acceptors (Lipinski definition) is 3. The van der Waals surface area contributed by atoms with Crippen molar-refractivity contribution >= 4 is 5.71 Å². The zero-order valence-electron chi connectivity index (χ0n) is 6.94. The maximum absolute atomic E-state index is 9.03. The highest BCUT2D eigenvalue weighted by Crippen LogP contribution is 2.52. The van der Waals surface area contributed by atoms with Gasteiger partial charge < -0.3 is 9.94 Å². The molecule has 3 nitrogen and oxygen atoms in total. The minimum absolute atomic E-state index is 0.0877. The van der Waals surface area contributed by atoms with Crippen molar-refractivity contribution in [1.82, 2.24) is 0 Å². The molecule has 2 aliphatic carbocycles. The van der Waals surface area contributed by atoms with Crippen molar-refractivity contribution in [3.05, 3.63) is 0 Å². The quantitative estimate of drug-likeness (QED) is 0.627. The summed E-state index contributed by atoms with van der Waals surface area (Å²) in [6.07, 6.45) is 4.24. The van der Waals surface area contributed by atoms with Crippen LogP contribution in [0.5, 0.6) is 0 Å². The van der Waals surface area contributed by atoms with Crippen LogP contribution in [0.15, 0.2) is 5.16 Å². The summed E-state index contributed by atoms with van der Waals surface area (Å²) in [4.78, 5) is 5.34. The van der Waals surface area contributed by atoms with Crippen molar-refractivity contribution in [2.75, 3.05) is 6.61 Å². The lowest BCUT2D eigenvalue weighted by molar-refractivity contribution is 0.0275. The van der Waals surface area contributed by atoms with Crippen LogP contribution >= 0.6 is 0 Å². The van der Waals surface area contributed by atoms with E-state index < -0.39 is 0 Å². The average molecular weight is 167 g/mol. The van der Waals surface area contributed by atoms with Crippen LogP contribution < -0.4 is 0 Å². The van der Waals surface area contributed by atoms with Crippen LogP contribution in [0.3, 0.4) is 0 Å². The molecule has 0 aromatic rings. The van der Waals surface area contributed by atoms with Crippen LogP contribution in [-0.2, 0) is 4.84 Å². The van der Waals surface area contributed by atoms with E-state index in [1.807, 2.05) is 0 Å². The first-order chi connectivity index (χ1) is 5.90. The van der Waals surface area contributed by atoms with E-state index in [2.05, 4.69) is 5.16 Å². The largest absolute Gasteiger partial charge is 0.391 e. The lowest BCUT2D eigenvalue weighted by Gasteiger charge is -2.22. The molecule has 2 bridgehead atoms. The summed E-state index contributed by atoms with van der Waals surface area (Å²) in [5.41, 5.74) is 0.896. The van der Waals surface area contributed by atoms with Gasteiger partial charge in [-0.25, -0.2) is 0 Å². The van der Waals surface area contributed by atoms with Gasteiger partial charge in [-0.15, -0.1) is 0 Å². The van der Waals surface area contributed by atoms with Crippen molar-refractivity contribution < 1.29 is 9.94 Å². The van der Waals surface area contributed by atoms with Crippen LogP contribution in [0, 0.1) is 17.8 Å². The fourth-order valence-corrected chi connectivity index (χ4v) is 3.18. The van der Waals surface area contributed by atoms with Crippen molar-refractivity contribution in [2.45, 2.75) is 25.4 Å². The normalized spacial score (nSPS) is 48.9. The molecule has 1 aliphatic heterocycles. The maximum Gasteiger partial charge on any atom is 0.138 e. The fourth-order valence-electron chi connectivity index (χ4n) is 3.18.